The molecule has 6 heteroatoms. The molecule has 0 spiro atoms. The van der Waals surface area contributed by atoms with Crippen LogP contribution in [-0.4, -0.2) is 29.9 Å². The molecule has 2 aromatic rings. The van der Waals surface area contributed by atoms with Crippen molar-refractivity contribution in [3.05, 3.63) is 65.5 Å². The first kappa shape index (κ1) is 20.4. The van der Waals surface area contributed by atoms with Gasteiger partial charge in [0.1, 0.15) is 5.82 Å². The zero-order chi connectivity index (χ0) is 19.8. The van der Waals surface area contributed by atoms with Gasteiger partial charge in [0.2, 0.25) is 5.91 Å². The van der Waals surface area contributed by atoms with Crippen LogP contribution in [0.4, 0.5) is 14.9 Å². The lowest BCUT2D eigenvalue weighted by molar-refractivity contribution is -0.121. The molecule has 0 aliphatic carbocycles. The Kier molecular flexibility index (Phi) is 7.34. The molecule has 0 aliphatic rings. The van der Waals surface area contributed by atoms with Crippen LogP contribution < -0.4 is 10.6 Å². The third-order valence-corrected chi connectivity index (χ3v) is 4.37. The summed E-state index contributed by atoms with van der Waals surface area (Å²) in [4.78, 5) is 25.9. The number of anilines is 1. The van der Waals surface area contributed by atoms with Gasteiger partial charge in [0.05, 0.1) is 12.5 Å². The van der Waals surface area contributed by atoms with E-state index in [1.165, 1.54) is 12.1 Å². The maximum absolute atomic E-state index is 12.9. The van der Waals surface area contributed by atoms with Crippen LogP contribution in [0.15, 0.2) is 48.5 Å². The van der Waals surface area contributed by atoms with Crippen LogP contribution >= 0.6 is 0 Å². The third kappa shape index (κ3) is 6.09. The zero-order valence-electron chi connectivity index (χ0n) is 16.0. The van der Waals surface area contributed by atoms with Crippen molar-refractivity contribution in [3.8, 4) is 0 Å². The summed E-state index contributed by atoms with van der Waals surface area (Å²) in [6.45, 7) is 7.06. The lowest BCUT2D eigenvalue weighted by Crippen LogP contribution is -2.34. The molecule has 0 aromatic heterocycles. The second-order valence-corrected chi connectivity index (χ2v) is 6.32. The summed E-state index contributed by atoms with van der Waals surface area (Å²) in [6.07, 6.45) is 0.197. The van der Waals surface area contributed by atoms with Crippen LogP contribution in [0.3, 0.4) is 0 Å². The lowest BCUT2D eigenvalue weighted by Gasteiger charge is -2.19. The average Bonchev–Trinajstić information content (AvgIpc) is 2.65. The number of nitrogens with one attached hydrogen (secondary N) is 2. The van der Waals surface area contributed by atoms with Crippen molar-refractivity contribution in [3.63, 3.8) is 0 Å². The molecular weight excluding hydrogens is 345 g/mol. The van der Waals surface area contributed by atoms with Gasteiger partial charge < -0.3 is 15.5 Å². The van der Waals surface area contributed by atoms with E-state index < -0.39 is 0 Å². The molecule has 0 saturated carbocycles. The molecule has 2 N–H and O–H groups in total. The van der Waals surface area contributed by atoms with Crippen LogP contribution in [0.25, 0.3) is 0 Å². The maximum atomic E-state index is 12.9. The molecule has 0 aliphatic heterocycles. The predicted octanol–water partition coefficient (Wildman–Crippen LogP) is 4.12. The van der Waals surface area contributed by atoms with Gasteiger partial charge in [-0.25, -0.2) is 9.18 Å². The second-order valence-electron chi connectivity index (χ2n) is 6.32. The Bertz CT molecular complexity index is 756. The molecule has 3 amide bonds. The fourth-order valence-corrected chi connectivity index (χ4v) is 2.73. The molecule has 144 valence electrons. The monoisotopic (exact) mass is 371 g/mol. The van der Waals surface area contributed by atoms with Crippen molar-refractivity contribution in [2.24, 2.45) is 0 Å². The highest BCUT2D eigenvalue weighted by Crippen LogP contribution is 2.17. The van der Waals surface area contributed by atoms with Crippen LogP contribution in [0.2, 0.25) is 0 Å². The SMILES string of the molecule is CCN(CC)C(=O)Nc1ccc(C(C)NC(=O)Cc2ccc(F)cc2)cc1. The first-order valence-corrected chi connectivity index (χ1v) is 9.12. The van der Waals surface area contributed by atoms with Crippen molar-refractivity contribution in [1.29, 1.82) is 0 Å². The van der Waals surface area contributed by atoms with Crippen LogP contribution in [0.1, 0.15) is 37.9 Å². The number of carbonyl (C=O) groups is 2. The fraction of sp³-hybridized carbons (Fsp3) is 0.333. The molecule has 0 saturated heterocycles. The Morgan fingerprint density at radius 2 is 1.59 bits per heavy atom. The molecule has 27 heavy (non-hydrogen) atoms. The quantitative estimate of drug-likeness (QED) is 0.769. The number of halogens is 1. The zero-order valence-corrected chi connectivity index (χ0v) is 16.0. The lowest BCUT2D eigenvalue weighted by atomic mass is 10.1. The molecule has 5 nitrogen and oxygen atoms in total. The van der Waals surface area contributed by atoms with Crippen molar-refractivity contribution < 1.29 is 14.0 Å². The van der Waals surface area contributed by atoms with E-state index in [0.29, 0.717) is 18.8 Å². The minimum Gasteiger partial charge on any atom is -0.349 e. The van der Waals surface area contributed by atoms with Crippen LogP contribution in [-0.2, 0) is 11.2 Å². The van der Waals surface area contributed by atoms with E-state index in [4.69, 9.17) is 0 Å². The molecule has 1 unspecified atom stereocenters. The normalized spacial score (nSPS) is 11.6. The summed E-state index contributed by atoms with van der Waals surface area (Å²) >= 11 is 0. The standard InChI is InChI=1S/C21H26FN3O2/c1-4-25(5-2)21(27)24-19-12-8-17(9-13-19)15(3)23-20(26)14-16-6-10-18(22)11-7-16/h6-13,15H,4-5,14H2,1-3H3,(H,23,26)(H,24,27). The van der Waals surface area contributed by atoms with Gasteiger partial charge in [-0.05, 0) is 56.2 Å². The molecule has 0 bridgehead atoms. The molecule has 0 fully saturated rings. The highest BCUT2D eigenvalue weighted by molar-refractivity contribution is 5.89. The van der Waals surface area contributed by atoms with Crippen molar-refractivity contribution in [1.82, 2.24) is 10.2 Å². The van der Waals surface area contributed by atoms with Gasteiger partial charge in [-0.15, -0.1) is 0 Å². The topological polar surface area (TPSA) is 61.4 Å². The highest BCUT2D eigenvalue weighted by atomic mass is 19.1. The second kappa shape index (κ2) is 9.71. The van der Waals surface area contributed by atoms with Crippen LogP contribution in [0, 0.1) is 5.82 Å². The summed E-state index contributed by atoms with van der Waals surface area (Å²) in [5.41, 5.74) is 2.40. The van der Waals surface area contributed by atoms with E-state index in [1.54, 1.807) is 17.0 Å². The van der Waals surface area contributed by atoms with E-state index in [0.717, 1.165) is 11.1 Å². The average molecular weight is 371 g/mol. The smallest absolute Gasteiger partial charge is 0.321 e. The summed E-state index contributed by atoms with van der Waals surface area (Å²) in [6, 6.07) is 13.0. The van der Waals surface area contributed by atoms with Gasteiger partial charge in [-0.2, -0.15) is 0 Å². The van der Waals surface area contributed by atoms with Gasteiger partial charge in [-0.3, -0.25) is 4.79 Å². The number of carbonyl (C=O) groups excluding carboxylic acids is 2. The number of urea groups is 1. The van der Waals surface area contributed by atoms with E-state index >= 15 is 0 Å². The fourth-order valence-electron chi connectivity index (χ4n) is 2.73. The summed E-state index contributed by atoms with van der Waals surface area (Å²) < 4.78 is 12.9. The number of amides is 3. The van der Waals surface area contributed by atoms with E-state index in [-0.39, 0.29) is 30.2 Å². The Hall–Kier alpha value is -2.89. The largest absolute Gasteiger partial charge is 0.349 e. The number of hydrogen-bond donors (Lipinski definition) is 2. The van der Waals surface area contributed by atoms with E-state index in [9.17, 15) is 14.0 Å². The predicted molar refractivity (Wildman–Crippen MR) is 105 cm³/mol. The van der Waals surface area contributed by atoms with E-state index in [1.807, 2.05) is 45.0 Å². The van der Waals surface area contributed by atoms with Crippen molar-refractivity contribution >= 4 is 17.6 Å². The first-order valence-electron chi connectivity index (χ1n) is 9.12. The molecule has 0 radical (unpaired) electrons. The Balaban J connectivity index is 1.90. The number of benzene rings is 2. The molecule has 2 rings (SSSR count). The van der Waals surface area contributed by atoms with Gasteiger partial charge in [-0.1, -0.05) is 24.3 Å². The maximum Gasteiger partial charge on any atom is 0.321 e. The summed E-state index contributed by atoms with van der Waals surface area (Å²) in [5.74, 6) is -0.450. The number of nitrogens with zero attached hydrogens (tertiary/aromatic N) is 1. The van der Waals surface area contributed by atoms with Gasteiger partial charge >= 0.3 is 6.03 Å². The molecule has 0 heterocycles. The molecule has 2 aromatic carbocycles. The van der Waals surface area contributed by atoms with Crippen LogP contribution in [0.5, 0.6) is 0 Å². The summed E-state index contributed by atoms with van der Waals surface area (Å²) in [7, 11) is 0. The highest BCUT2D eigenvalue weighted by Gasteiger charge is 2.12. The van der Waals surface area contributed by atoms with Crippen molar-refractivity contribution in [2.45, 2.75) is 33.2 Å². The van der Waals surface area contributed by atoms with Gasteiger partial charge in [0.25, 0.3) is 0 Å². The van der Waals surface area contributed by atoms with E-state index in [2.05, 4.69) is 10.6 Å². The minimum absolute atomic E-state index is 0.131. The Morgan fingerprint density at radius 1 is 1.00 bits per heavy atom. The van der Waals surface area contributed by atoms with Gasteiger partial charge in [0.15, 0.2) is 0 Å². The minimum atomic E-state index is -0.319. The first-order chi connectivity index (χ1) is 12.9. The Morgan fingerprint density at radius 3 is 2.15 bits per heavy atom. The van der Waals surface area contributed by atoms with Gasteiger partial charge in [0, 0.05) is 18.8 Å². The molecular formula is C21H26FN3O2. The Labute approximate surface area is 159 Å². The third-order valence-electron chi connectivity index (χ3n) is 4.37. The van der Waals surface area contributed by atoms with Crippen molar-refractivity contribution in [2.75, 3.05) is 18.4 Å². The summed E-state index contributed by atoms with van der Waals surface area (Å²) in [5, 5.41) is 5.78. The number of rotatable bonds is 7. The number of hydrogen-bond acceptors (Lipinski definition) is 2. The molecule has 1 atom stereocenters.